The Morgan fingerprint density at radius 2 is 2.35 bits per heavy atom. The highest BCUT2D eigenvalue weighted by atomic mass is 35.5. The topological polar surface area (TPSA) is 56.3 Å². The fourth-order valence-electron chi connectivity index (χ4n) is 2.88. The predicted octanol–water partition coefficient (Wildman–Crippen LogP) is 1.91. The summed E-state index contributed by atoms with van der Waals surface area (Å²) in [6, 6.07) is -0.111. The maximum atomic E-state index is 6.48. The molecule has 0 aromatic carbocycles. The van der Waals surface area contributed by atoms with Gasteiger partial charge in [-0.1, -0.05) is 18.5 Å². The second-order valence-corrected chi connectivity index (χ2v) is 6.11. The maximum absolute atomic E-state index is 6.48. The summed E-state index contributed by atoms with van der Waals surface area (Å²) in [5.41, 5.74) is 7.43. The molecule has 0 spiro atoms. The van der Waals surface area contributed by atoms with Crippen LogP contribution in [0.25, 0.3) is 0 Å². The van der Waals surface area contributed by atoms with Crippen LogP contribution in [0.1, 0.15) is 31.5 Å². The summed E-state index contributed by atoms with van der Waals surface area (Å²) in [5.74, 6) is 0.326. The van der Waals surface area contributed by atoms with E-state index in [-0.39, 0.29) is 12.1 Å². The fourth-order valence-corrected chi connectivity index (χ4v) is 3.14. The van der Waals surface area contributed by atoms with Gasteiger partial charge in [-0.15, -0.1) is 0 Å². The van der Waals surface area contributed by atoms with Gasteiger partial charge in [-0.2, -0.15) is 5.10 Å². The quantitative estimate of drug-likeness (QED) is 0.872. The molecule has 1 aromatic rings. The van der Waals surface area contributed by atoms with Gasteiger partial charge >= 0.3 is 0 Å². The van der Waals surface area contributed by atoms with E-state index in [4.69, 9.17) is 22.1 Å². The zero-order valence-electron chi connectivity index (χ0n) is 12.6. The van der Waals surface area contributed by atoms with Gasteiger partial charge in [-0.05, 0) is 26.9 Å². The van der Waals surface area contributed by atoms with E-state index >= 15 is 0 Å². The fraction of sp³-hybridized carbons (Fsp3) is 0.786. The molecule has 5 nitrogen and oxygen atoms in total. The van der Waals surface area contributed by atoms with Crippen molar-refractivity contribution in [2.45, 2.75) is 38.5 Å². The van der Waals surface area contributed by atoms with E-state index in [0.717, 1.165) is 38.2 Å². The first-order valence-corrected chi connectivity index (χ1v) is 7.65. The molecule has 1 aliphatic rings. The third kappa shape index (κ3) is 3.34. The summed E-state index contributed by atoms with van der Waals surface area (Å²) >= 11 is 6.31. The number of nitrogens with two attached hydrogens (primary N) is 1. The van der Waals surface area contributed by atoms with Gasteiger partial charge in [0.25, 0.3) is 0 Å². The average Bonchev–Trinajstić information content (AvgIpc) is 3.01. The zero-order chi connectivity index (χ0) is 14.7. The summed E-state index contributed by atoms with van der Waals surface area (Å²) in [4.78, 5) is 2.12. The SMILES string of the molecule is CCC1OCCC1C(N)c1c(Cl)cnn1CCN(C)C. The molecule has 0 radical (unpaired) electrons. The van der Waals surface area contributed by atoms with Crippen molar-refractivity contribution in [3.05, 3.63) is 16.9 Å². The lowest BCUT2D eigenvalue weighted by molar-refractivity contribution is 0.0805. The standard InChI is InChI=1S/C14H25ClN4O/c1-4-12-10(5-8-20-12)13(16)14-11(15)9-17-19(14)7-6-18(2)3/h9-10,12-13H,4-8,16H2,1-3H3. The first-order chi connectivity index (χ1) is 9.54. The minimum atomic E-state index is -0.111. The Kier molecular flexibility index (Phi) is 5.43. The van der Waals surface area contributed by atoms with Crippen LogP contribution < -0.4 is 5.73 Å². The Balaban J connectivity index is 2.16. The summed E-state index contributed by atoms with van der Waals surface area (Å²) in [7, 11) is 4.09. The van der Waals surface area contributed by atoms with Crippen LogP contribution in [0, 0.1) is 5.92 Å². The van der Waals surface area contributed by atoms with Crippen LogP contribution in [0.2, 0.25) is 5.02 Å². The van der Waals surface area contributed by atoms with Crippen molar-refractivity contribution in [3.8, 4) is 0 Å². The molecule has 114 valence electrons. The van der Waals surface area contributed by atoms with E-state index in [2.05, 4.69) is 16.9 Å². The van der Waals surface area contributed by atoms with Gasteiger partial charge in [0, 0.05) is 19.1 Å². The van der Waals surface area contributed by atoms with Crippen LogP contribution in [0.15, 0.2) is 6.20 Å². The molecule has 1 aliphatic heterocycles. The molecule has 6 heteroatoms. The van der Waals surface area contributed by atoms with Gasteiger partial charge in [-0.3, -0.25) is 4.68 Å². The number of rotatable bonds is 6. The largest absolute Gasteiger partial charge is 0.378 e. The van der Waals surface area contributed by atoms with Gasteiger partial charge in [-0.25, -0.2) is 0 Å². The molecule has 0 bridgehead atoms. The van der Waals surface area contributed by atoms with Crippen molar-refractivity contribution in [1.82, 2.24) is 14.7 Å². The molecular formula is C14H25ClN4O. The van der Waals surface area contributed by atoms with Crippen molar-refractivity contribution < 1.29 is 4.74 Å². The number of ether oxygens (including phenoxy) is 1. The summed E-state index contributed by atoms with van der Waals surface area (Å²) in [5, 5.41) is 5.03. The first kappa shape index (κ1) is 15.8. The lowest BCUT2D eigenvalue weighted by Gasteiger charge is -2.25. The highest BCUT2D eigenvalue weighted by Crippen LogP contribution is 2.35. The second kappa shape index (κ2) is 6.89. The average molecular weight is 301 g/mol. The van der Waals surface area contributed by atoms with Crippen LogP contribution in [-0.4, -0.2) is 48.0 Å². The van der Waals surface area contributed by atoms with E-state index in [1.54, 1.807) is 6.20 Å². The minimum absolute atomic E-state index is 0.111. The van der Waals surface area contributed by atoms with E-state index < -0.39 is 0 Å². The molecule has 2 rings (SSSR count). The summed E-state index contributed by atoms with van der Waals surface area (Å²) in [6.45, 7) is 4.64. The number of nitrogens with zero attached hydrogens (tertiary/aromatic N) is 3. The monoisotopic (exact) mass is 300 g/mol. The molecule has 1 aromatic heterocycles. The van der Waals surface area contributed by atoms with Crippen molar-refractivity contribution in [1.29, 1.82) is 0 Å². The van der Waals surface area contributed by atoms with Gasteiger partial charge in [0.1, 0.15) is 0 Å². The Morgan fingerprint density at radius 3 is 3.00 bits per heavy atom. The summed E-state index contributed by atoms with van der Waals surface area (Å²) in [6.07, 6.45) is 3.91. The molecule has 2 heterocycles. The molecular weight excluding hydrogens is 276 g/mol. The third-order valence-corrected chi connectivity index (χ3v) is 4.32. The first-order valence-electron chi connectivity index (χ1n) is 7.27. The molecule has 0 saturated carbocycles. The van der Waals surface area contributed by atoms with E-state index in [1.165, 1.54) is 0 Å². The molecule has 3 atom stereocenters. The van der Waals surface area contributed by atoms with E-state index in [0.29, 0.717) is 10.9 Å². The van der Waals surface area contributed by atoms with E-state index in [1.807, 2.05) is 18.8 Å². The van der Waals surface area contributed by atoms with Crippen molar-refractivity contribution in [3.63, 3.8) is 0 Å². The van der Waals surface area contributed by atoms with Crippen molar-refractivity contribution in [2.75, 3.05) is 27.2 Å². The van der Waals surface area contributed by atoms with Gasteiger partial charge < -0.3 is 15.4 Å². The molecule has 0 amide bonds. The van der Waals surface area contributed by atoms with Gasteiger partial charge in [0.2, 0.25) is 0 Å². The van der Waals surface area contributed by atoms with Crippen LogP contribution >= 0.6 is 11.6 Å². The van der Waals surface area contributed by atoms with Crippen molar-refractivity contribution >= 4 is 11.6 Å². The molecule has 0 aliphatic carbocycles. The highest BCUT2D eigenvalue weighted by Gasteiger charge is 2.35. The molecule has 2 N–H and O–H groups in total. The van der Waals surface area contributed by atoms with Crippen LogP contribution in [0.5, 0.6) is 0 Å². The molecule has 1 saturated heterocycles. The lowest BCUT2D eigenvalue weighted by atomic mass is 9.90. The molecule has 20 heavy (non-hydrogen) atoms. The van der Waals surface area contributed by atoms with Crippen LogP contribution in [0.4, 0.5) is 0 Å². The lowest BCUT2D eigenvalue weighted by Crippen LogP contribution is -2.31. The number of halogens is 1. The number of hydrogen-bond donors (Lipinski definition) is 1. The Hall–Kier alpha value is -0.620. The predicted molar refractivity (Wildman–Crippen MR) is 80.9 cm³/mol. The van der Waals surface area contributed by atoms with Crippen molar-refractivity contribution in [2.24, 2.45) is 11.7 Å². The zero-order valence-corrected chi connectivity index (χ0v) is 13.3. The summed E-state index contributed by atoms with van der Waals surface area (Å²) < 4.78 is 7.69. The second-order valence-electron chi connectivity index (χ2n) is 5.70. The molecule has 1 fully saturated rings. The third-order valence-electron chi connectivity index (χ3n) is 4.03. The van der Waals surface area contributed by atoms with E-state index in [9.17, 15) is 0 Å². The Morgan fingerprint density at radius 1 is 1.60 bits per heavy atom. The number of likely N-dealkylation sites (N-methyl/N-ethyl adjacent to an activating group) is 1. The minimum Gasteiger partial charge on any atom is -0.378 e. The number of aromatic nitrogens is 2. The van der Waals surface area contributed by atoms with Gasteiger partial charge in [0.05, 0.1) is 35.6 Å². The number of hydrogen-bond acceptors (Lipinski definition) is 4. The van der Waals surface area contributed by atoms with Crippen LogP contribution in [0.3, 0.4) is 0 Å². The van der Waals surface area contributed by atoms with Crippen LogP contribution in [-0.2, 0) is 11.3 Å². The Bertz CT molecular complexity index is 435. The highest BCUT2D eigenvalue weighted by molar-refractivity contribution is 6.31. The van der Waals surface area contributed by atoms with Gasteiger partial charge in [0.15, 0.2) is 0 Å². The maximum Gasteiger partial charge on any atom is 0.0834 e. The Labute approximate surface area is 126 Å². The smallest absolute Gasteiger partial charge is 0.0834 e. The molecule has 3 unspecified atom stereocenters. The normalized spacial score (nSPS) is 24.5.